The first kappa shape index (κ1) is 20.9. The molecule has 3 rings (SSSR count). The van der Waals surface area contributed by atoms with Crippen LogP contribution in [0.3, 0.4) is 0 Å². The minimum Gasteiger partial charge on any atom is -0.337 e. The summed E-state index contributed by atoms with van der Waals surface area (Å²) in [5, 5.41) is 0.620. The van der Waals surface area contributed by atoms with Crippen LogP contribution in [0.15, 0.2) is 77.7 Å². The molecular weight excluding hydrogens is 408 g/mol. The van der Waals surface area contributed by atoms with Gasteiger partial charge >= 0.3 is 0 Å². The maximum absolute atomic E-state index is 12.8. The molecule has 0 atom stereocenters. The van der Waals surface area contributed by atoms with E-state index in [0.717, 1.165) is 5.56 Å². The lowest BCUT2D eigenvalue weighted by Gasteiger charge is -2.18. The van der Waals surface area contributed by atoms with Crippen LogP contribution in [0.25, 0.3) is 0 Å². The Hall–Kier alpha value is -2.83. The Kier molecular flexibility index (Phi) is 6.25. The lowest BCUT2D eigenvalue weighted by Crippen LogP contribution is -2.26. The van der Waals surface area contributed by atoms with E-state index in [2.05, 4.69) is 4.72 Å². The Bertz CT molecular complexity index is 1130. The van der Waals surface area contributed by atoms with Gasteiger partial charge in [0.25, 0.3) is 15.9 Å². The molecule has 0 aromatic heterocycles. The van der Waals surface area contributed by atoms with Gasteiger partial charge in [-0.05, 0) is 60.5 Å². The summed E-state index contributed by atoms with van der Waals surface area (Å²) in [4.78, 5) is 14.5. The van der Waals surface area contributed by atoms with Crippen LogP contribution in [0, 0.1) is 6.92 Å². The van der Waals surface area contributed by atoms with E-state index in [-0.39, 0.29) is 10.8 Å². The van der Waals surface area contributed by atoms with Gasteiger partial charge in [-0.15, -0.1) is 0 Å². The molecule has 0 saturated heterocycles. The smallest absolute Gasteiger partial charge is 0.261 e. The average Bonchev–Trinajstić information content (AvgIpc) is 2.69. The van der Waals surface area contributed by atoms with Crippen molar-refractivity contribution in [1.29, 1.82) is 0 Å². The summed E-state index contributed by atoms with van der Waals surface area (Å²) < 4.78 is 27.6. The van der Waals surface area contributed by atoms with Crippen molar-refractivity contribution in [2.75, 3.05) is 11.8 Å². The molecule has 7 heteroatoms. The Morgan fingerprint density at radius 2 is 1.72 bits per heavy atom. The maximum Gasteiger partial charge on any atom is 0.261 e. The zero-order valence-electron chi connectivity index (χ0n) is 16.1. The lowest BCUT2D eigenvalue weighted by atomic mass is 10.1. The van der Waals surface area contributed by atoms with Crippen molar-refractivity contribution in [3.05, 3.63) is 94.5 Å². The van der Waals surface area contributed by atoms with Gasteiger partial charge in [-0.1, -0.05) is 41.9 Å². The monoisotopic (exact) mass is 428 g/mol. The van der Waals surface area contributed by atoms with Crippen molar-refractivity contribution in [2.45, 2.75) is 18.4 Å². The molecule has 0 unspecified atom stereocenters. The number of carbonyl (C=O) groups is 1. The topological polar surface area (TPSA) is 66.5 Å². The van der Waals surface area contributed by atoms with Gasteiger partial charge in [0.15, 0.2) is 0 Å². The van der Waals surface area contributed by atoms with E-state index >= 15 is 0 Å². The van der Waals surface area contributed by atoms with Crippen molar-refractivity contribution >= 4 is 33.2 Å². The van der Waals surface area contributed by atoms with Crippen LogP contribution in [-0.4, -0.2) is 26.3 Å². The summed E-state index contributed by atoms with van der Waals surface area (Å²) in [7, 11) is -1.97. The molecule has 0 aliphatic carbocycles. The zero-order valence-corrected chi connectivity index (χ0v) is 17.7. The molecule has 1 amide bonds. The number of nitrogens with zero attached hydrogens (tertiary/aromatic N) is 1. The average molecular weight is 429 g/mol. The number of hydrogen-bond acceptors (Lipinski definition) is 3. The predicted molar refractivity (Wildman–Crippen MR) is 116 cm³/mol. The molecule has 0 saturated carbocycles. The second-order valence-corrected chi connectivity index (χ2v) is 8.86. The van der Waals surface area contributed by atoms with E-state index in [4.69, 9.17) is 11.6 Å². The third-order valence-electron chi connectivity index (χ3n) is 4.43. The summed E-state index contributed by atoms with van der Waals surface area (Å²) in [6, 6.07) is 20.4. The van der Waals surface area contributed by atoms with E-state index in [1.165, 1.54) is 12.1 Å². The SMILES string of the molecule is Cc1cc(C(=O)N(C)Cc2cccc(Cl)c2)ccc1NS(=O)(=O)c1ccccc1. The lowest BCUT2D eigenvalue weighted by molar-refractivity contribution is 0.0785. The van der Waals surface area contributed by atoms with Crippen LogP contribution in [-0.2, 0) is 16.6 Å². The highest BCUT2D eigenvalue weighted by atomic mass is 35.5. The molecule has 150 valence electrons. The highest BCUT2D eigenvalue weighted by molar-refractivity contribution is 7.92. The van der Waals surface area contributed by atoms with Gasteiger partial charge in [0.05, 0.1) is 10.6 Å². The summed E-state index contributed by atoms with van der Waals surface area (Å²) in [6.07, 6.45) is 0. The van der Waals surface area contributed by atoms with Crippen molar-refractivity contribution in [1.82, 2.24) is 4.90 Å². The van der Waals surface area contributed by atoms with E-state index in [9.17, 15) is 13.2 Å². The van der Waals surface area contributed by atoms with Crippen LogP contribution in [0.4, 0.5) is 5.69 Å². The predicted octanol–water partition coefficient (Wildman–Crippen LogP) is 4.72. The molecular formula is C22H21ClN2O3S. The first-order valence-electron chi connectivity index (χ1n) is 8.95. The molecule has 3 aromatic rings. The number of rotatable bonds is 6. The standard InChI is InChI=1S/C22H21ClN2O3S/c1-16-13-18(22(26)25(2)15-17-7-6-8-19(23)14-17)11-12-21(16)24-29(27,28)20-9-4-3-5-10-20/h3-14,24H,15H2,1-2H3. The van der Waals surface area contributed by atoms with E-state index in [1.54, 1.807) is 61.3 Å². The first-order chi connectivity index (χ1) is 13.8. The number of sulfonamides is 1. The number of aryl methyl sites for hydroxylation is 1. The third kappa shape index (κ3) is 5.16. The van der Waals surface area contributed by atoms with Gasteiger partial charge in [0.2, 0.25) is 0 Å². The second-order valence-electron chi connectivity index (χ2n) is 6.74. The van der Waals surface area contributed by atoms with Crippen molar-refractivity contribution in [3.8, 4) is 0 Å². The maximum atomic E-state index is 12.8. The number of halogens is 1. The van der Waals surface area contributed by atoms with E-state index in [0.29, 0.717) is 28.4 Å². The van der Waals surface area contributed by atoms with Gasteiger partial charge < -0.3 is 4.90 Å². The molecule has 0 heterocycles. The molecule has 0 fully saturated rings. The Morgan fingerprint density at radius 3 is 2.38 bits per heavy atom. The molecule has 0 spiro atoms. The van der Waals surface area contributed by atoms with Gasteiger partial charge in [-0.25, -0.2) is 8.42 Å². The van der Waals surface area contributed by atoms with E-state index in [1.807, 2.05) is 18.2 Å². The summed E-state index contributed by atoms with van der Waals surface area (Å²) >= 11 is 6.00. The van der Waals surface area contributed by atoms with Crippen molar-refractivity contribution in [3.63, 3.8) is 0 Å². The van der Waals surface area contributed by atoms with Crippen LogP contribution in [0.2, 0.25) is 5.02 Å². The highest BCUT2D eigenvalue weighted by Crippen LogP contribution is 2.22. The molecule has 0 aliphatic rings. The fourth-order valence-electron chi connectivity index (χ4n) is 2.92. The minimum absolute atomic E-state index is 0.162. The normalized spacial score (nSPS) is 11.1. The fraction of sp³-hybridized carbons (Fsp3) is 0.136. The molecule has 3 aromatic carbocycles. The summed E-state index contributed by atoms with van der Waals surface area (Å²) in [6.45, 7) is 2.18. The van der Waals surface area contributed by atoms with Crippen molar-refractivity contribution < 1.29 is 13.2 Å². The zero-order chi connectivity index (χ0) is 21.0. The second kappa shape index (κ2) is 8.68. The summed E-state index contributed by atoms with van der Waals surface area (Å²) in [5.74, 6) is -0.162. The number of hydrogen-bond donors (Lipinski definition) is 1. The largest absolute Gasteiger partial charge is 0.337 e. The van der Waals surface area contributed by atoms with Crippen LogP contribution >= 0.6 is 11.6 Å². The quantitative estimate of drug-likeness (QED) is 0.617. The molecule has 1 N–H and O–H groups in total. The van der Waals surface area contributed by atoms with Gasteiger partial charge in [0, 0.05) is 24.2 Å². The molecule has 5 nitrogen and oxygen atoms in total. The number of nitrogens with one attached hydrogen (secondary N) is 1. The fourth-order valence-corrected chi connectivity index (χ4v) is 4.28. The number of carbonyl (C=O) groups excluding carboxylic acids is 1. The summed E-state index contributed by atoms with van der Waals surface area (Å²) in [5.41, 5.74) is 2.50. The van der Waals surface area contributed by atoms with Crippen molar-refractivity contribution in [2.24, 2.45) is 0 Å². The first-order valence-corrected chi connectivity index (χ1v) is 10.8. The van der Waals surface area contributed by atoms with Crippen LogP contribution in [0.1, 0.15) is 21.5 Å². The number of anilines is 1. The van der Waals surface area contributed by atoms with Gasteiger partial charge in [-0.3, -0.25) is 9.52 Å². The number of benzene rings is 3. The highest BCUT2D eigenvalue weighted by Gasteiger charge is 2.17. The van der Waals surface area contributed by atoms with Gasteiger partial charge in [0.1, 0.15) is 0 Å². The van der Waals surface area contributed by atoms with Crippen LogP contribution in [0.5, 0.6) is 0 Å². The molecule has 29 heavy (non-hydrogen) atoms. The third-order valence-corrected chi connectivity index (χ3v) is 6.04. The molecule has 0 bridgehead atoms. The van der Waals surface area contributed by atoms with Crippen LogP contribution < -0.4 is 4.72 Å². The van der Waals surface area contributed by atoms with Gasteiger partial charge in [-0.2, -0.15) is 0 Å². The molecule has 0 aliphatic heterocycles. The Morgan fingerprint density at radius 1 is 1.00 bits per heavy atom. The minimum atomic E-state index is -3.69. The Balaban J connectivity index is 1.75. The molecule has 0 radical (unpaired) electrons. The Labute approximate surface area is 176 Å². The number of amides is 1. The van der Waals surface area contributed by atoms with E-state index < -0.39 is 10.0 Å².